The second-order valence-corrected chi connectivity index (χ2v) is 7.76. The minimum atomic E-state index is -0.437. The number of benzene rings is 4. The Morgan fingerprint density at radius 1 is 0.622 bits per heavy atom. The summed E-state index contributed by atoms with van der Waals surface area (Å²) < 4.78 is 0. The van der Waals surface area contributed by atoms with Crippen LogP contribution in [0.5, 0.6) is 11.5 Å². The number of phenols is 2. The number of carbonyl (C=O) groups is 2. The summed E-state index contributed by atoms with van der Waals surface area (Å²) in [5.41, 5.74) is 7.77. The van der Waals surface area contributed by atoms with E-state index in [4.69, 9.17) is 0 Å². The lowest BCUT2D eigenvalue weighted by molar-refractivity contribution is 0.0947. The van der Waals surface area contributed by atoms with E-state index in [1.165, 1.54) is 24.6 Å². The van der Waals surface area contributed by atoms with E-state index in [0.29, 0.717) is 33.6 Å². The van der Waals surface area contributed by atoms with Gasteiger partial charge in [-0.3, -0.25) is 9.59 Å². The van der Waals surface area contributed by atoms with Crippen LogP contribution in [-0.4, -0.2) is 34.5 Å². The summed E-state index contributed by atoms with van der Waals surface area (Å²) in [7, 11) is 0. The molecule has 0 aliphatic heterocycles. The summed E-state index contributed by atoms with van der Waals surface area (Å²) in [4.78, 5) is 25.1. The molecule has 0 aliphatic rings. The van der Waals surface area contributed by atoms with E-state index in [-0.39, 0.29) is 11.5 Å². The zero-order valence-corrected chi connectivity index (χ0v) is 19.5. The fourth-order valence-corrected chi connectivity index (χ4v) is 3.29. The van der Waals surface area contributed by atoms with Crippen molar-refractivity contribution in [3.63, 3.8) is 0 Å². The second kappa shape index (κ2) is 11.8. The van der Waals surface area contributed by atoms with Gasteiger partial charge in [0.25, 0.3) is 11.8 Å². The minimum absolute atomic E-state index is 0.0574. The summed E-state index contributed by atoms with van der Waals surface area (Å²) in [6, 6.07) is 26.8. The smallest absolute Gasteiger partial charge is 0.273 e. The highest BCUT2D eigenvalue weighted by atomic mass is 16.3. The molecule has 0 heterocycles. The molecular formula is C28H23N5O4. The van der Waals surface area contributed by atoms with Crippen molar-refractivity contribution in [1.82, 2.24) is 10.9 Å². The molecule has 0 saturated carbocycles. The van der Waals surface area contributed by atoms with Crippen LogP contribution in [0.15, 0.2) is 107 Å². The van der Waals surface area contributed by atoms with Gasteiger partial charge in [-0.05, 0) is 60.7 Å². The van der Waals surface area contributed by atoms with E-state index in [0.717, 1.165) is 0 Å². The maximum absolute atomic E-state index is 12.7. The Bertz CT molecular complexity index is 1470. The van der Waals surface area contributed by atoms with E-state index in [1.807, 2.05) is 0 Å². The first-order valence-corrected chi connectivity index (χ1v) is 11.2. The number of anilines is 2. The molecule has 0 aromatic heterocycles. The molecule has 0 bridgehead atoms. The Morgan fingerprint density at radius 2 is 1.14 bits per heavy atom. The van der Waals surface area contributed by atoms with E-state index >= 15 is 0 Å². The lowest BCUT2D eigenvalue weighted by Crippen LogP contribution is -2.19. The molecule has 4 rings (SSSR count). The number of rotatable bonds is 8. The average molecular weight is 494 g/mol. The molecule has 4 aromatic rings. The Hall–Kier alpha value is -5.44. The Labute approximate surface area is 212 Å². The molecule has 184 valence electrons. The molecule has 5 N–H and O–H groups in total. The molecular weight excluding hydrogens is 470 g/mol. The van der Waals surface area contributed by atoms with Crippen LogP contribution >= 0.6 is 0 Å². The molecule has 9 nitrogen and oxygen atoms in total. The number of amides is 2. The molecule has 4 aromatic carbocycles. The standard InChI is InChI=1S/C28H23N5O4/c34-25-11-5-1-7-20(25)17-29-32-27(36)19-13-15-22(16-14-19)31-24-10-4-3-9-23(24)28(37)33-30-18-21-8-2-6-12-26(21)35/h1-18,31,34-35H,(H,32,36)(H,33,37)/b29-17+,30-18+. The number of phenolic OH excluding ortho intramolecular Hbond substituents is 2. The fourth-order valence-electron chi connectivity index (χ4n) is 3.29. The van der Waals surface area contributed by atoms with Crippen molar-refractivity contribution in [1.29, 1.82) is 0 Å². The van der Waals surface area contributed by atoms with Crippen LogP contribution < -0.4 is 16.2 Å². The summed E-state index contributed by atoms with van der Waals surface area (Å²) in [5, 5.41) is 30.5. The highest BCUT2D eigenvalue weighted by Crippen LogP contribution is 2.21. The molecule has 0 radical (unpaired) electrons. The third kappa shape index (κ3) is 6.58. The largest absolute Gasteiger partial charge is 0.507 e. The number of nitrogens with one attached hydrogen (secondary N) is 3. The third-order valence-electron chi connectivity index (χ3n) is 5.21. The number of hydrogen-bond donors (Lipinski definition) is 5. The van der Waals surface area contributed by atoms with Gasteiger partial charge in [-0.1, -0.05) is 36.4 Å². The van der Waals surface area contributed by atoms with Gasteiger partial charge >= 0.3 is 0 Å². The minimum Gasteiger partial charge on any atom is -0.507 e. The van der Waals surface area contributed by atoms with Crippen LogP contribution in [0.1, 0.15) is 31.8 Å². The fraction of sp³-hybridized carbons (Fsp3) is 0. The van der Waals surface area contributed by atoms with Gasteiger partial charge in [-0.15, -0.1) is 0 Å². The molecule has 2 amide bonds. The maximum atomic E-state index is 12.7. The Kier molecular flexibility index (Phi) is 7.87. The van der Waals surface area contributed by atoms with Crippen LogP contribution in [0.4, 0.5) is 11.4 Å². The molecule has 0 unspecified atom stereocenters. The molecule has 0 atom stereocenters. The van der Waals surface area contributed by atoms with Gasteiger partial charge < -0.3 is 15.5 Å². The van der Waals surface area contributed by atoms with Crippen molar-refractivity contribution in [3.05, 3.63) is 119 Å². The normalized spacial score (nSPS) is 10.9. The van der Waals surface area contributed by atoms with Crippen molar-refractivity contribution in [2.75, 3.05) is 5.32 Å². The first-order valence-electron chi connectivity index (χ1n) is 11.2. The van der Waals surface area contributed by atoms with Gasteiger partial charge in [-0.2, -0.15) is 10.2 Å². The summed E-state index contributed by atoms with van der Waals surface area (Å²) >= 11 is 0. The van der Waals surface area contributed by atoms with Gasteiger partial charge in [0.1, 0.15) is 11.5 Å². The third-order valence-corrected chi connectivity index (χ3v) is 5.21. The number of hydrazone groups is 2. The van der Waals surface area contributed by atoms with Crippen LogP contribution in [0.3, 0.4) is 0 Å². The van der Waals surface area contributed by atoms with Crippen LogP contribution in [0.25, 0.3) is 0 Å². The molecule has 37 heavy (non-hydrogen) atoms. The van der Waals surface area contributed by atoms with Crippen molar-refractivity contribution in [3.8, 4) is 11.5 Å². The second-order valence-electron chi connectivity index (χ2n) is 7.76. The van der Waals surface area contributed by atoms with E-state index in [9.17, 15) is 19.8 Å². The summed E-state index contributed by atoms with van der Waals surface area (Å²) in [5.74, 6) is -0.734. The molecule has 0 fully saturated rings. The van der Waals surface area contributed by atoms with Gasteiger partial charge in [0, 0.05) is 22.4 Å². The number of nitrogens with zero attached hydrogens (tertiary/aromatic N) is 2. The lowest BCUT2D eigenvalue weighted by atomic mass is 10.1. The molecule has 9 heteroatoms. The summed E-state index contributed by atoms with van der Waals surface area (Å²) in [6.45, 7) is 0. The highest BCUT2D eigenvalue weighted by Gasteiger charge is 2.11. The SMILES string of the molecule is O=C(N/N=C/c1ccccc1O)c1ccc(Nc2ccccc2C(=O)N/N=C/c2ccccc2O)cc1. The van der Waals surface area contributed by atoms with Crippen molar-refractivity contribution in [2.45, 2.75) is 0 Å². The van der Waals surface area contributed by atoms with Crippen molar-refractivity contribution in [2.24, 2.45) is 10.2 Å². The number of aromatic hydroxyl groups is 2. The van der Waals surface area contributed by atoms with Gasteiger partial charge in [-0.25, -0.2) is 10.9 Å². The van der Waals surface area contributed by atoms with E-state index in [1.54, 1.807) is 84.9 Å². The topological polar surface area (TPSA) is 135 Å². The summed E-state index contributed by atoms with van der Waals surface area (Å²) in [6.07, 6.45) is 2.72. The number of carbonyl (C=O) groups excluding carboxylic acids is 2. The zero-order chi connectivity index (χ0) is 26.0. The van der Waals surface area contributed by atoms with Gasteiger partial charge in [0.15, 0.2) is 0 Å². The van der Waals surface area contributed by atoms with Crippen LogP contribution in [0, 0.1) is 0 Å². The quantitative estimate of drug-likeness (QED) is 0.183. The van der Waals surface area contributed by atoms with Crippen molar-refractivity contribution < 1.29 is 19.8 Å². The first-order chi connectivity index (χ1) is 18.0. The number of hydrogen-bond acceptors (Lipinski definition) is 7. The zero-order valence-electron chi connectivity index (χ0n) is 19.5. The van der Waals surface area contributed by atoms with E-state index < -0.39 is 11.8 Å². The van der Waals surface area contributed by atoms with Crippen molar-refractivity contribution >= 4 is 35.6 Å². The van der Waals surface area contributed by atoms with Crippen LogP contribution in [-0.2, 0) is 0 Å². The predicted octanol–water partition coefficient (Wildman–Crippen LogP) is 4.37. The molecule has 0 saturated heterocycles. The number of para-hydroxylation sites is 3. The van der Waals surface area contributed by atoms with E-state index in [2.05, 4.69) is 26.4 Å². The molecule has 0 spiro atoms. The Balaban J connectivity index is 1.38. The van der Waals surface area contributed by atoms with Crippen LogP contribution in [0.2, 0.25) is 0 Å². The van der Waals surface area contributed by atoms with Gasteiger partial charge in [0.2, 0.25) is 0 Å². The van der Waals surface area contributed by atoms with Gasteiger partial charge in [0.05, 0.1) is 23.7 Å². The molecule has 0 aliphatic carbocycles. The monoisotopic (exact) mass is 493 g/mol. The first kappa shape index (κ1) is 24.7. The lowest BCUT2D eigenvalue weighted by Gasteiger charge is -2.11. The highest BCUT2D eigenvalue weighted by molar-refractivity contribution is 6.01. The predicted molar refractivity (Wildman–Crippen MR) is 143 cm³/mol. The maximum Gasteiger partial charge on any atom is 0.273 e. The average Bonchev–Trinajstić information content (AvgIpc) is 2.91. The Morgan fingerprint density at radius 3 is 1.73 bits per heavy atom.